The molecule has 2 aromatic rings. The number of aryl methyl sites for hydroxylation is 1. The molecule has 0 saturated heterocycles. The van der Waals surface area contributed by atoms with Gasteiger partial charge in [0.2, 0.25) is 0 Å². The molecule has 0 aliphatic heterocycles. The van der Waals surface area contributed by atoms with Crippen LogP contribution in [0.3, 0.4) is 0 Å². The smallest absolute Gasteiger partial charge is 0.258 e. The maximum atomic E-state index is 10.7. The van der Waals surface area contributed by atoms with Crippen LogP contribution >= 0.6 is 23.2 Å². The molecule has 0 saturated carbocycles. The van der Waals surface area contributed by atoms with Gasteiger partial charge in [-0.1, -0.05) is 35.3 Å². The molecule has 1 aromatic carbocycles. The SMILES string of the molecule is Cc1cc(-c2cccc(Cl)c2Cl)ncc1[N+](=O)[O-]. The molecule has 92 valence electrons. The number of rotatable bonds is 2. The maximum absolute atomic E-state index is 10.7. The van der Waals surface area contributed by atoms with E-state index < -0.39 is 4.92 Å². The highest BCUT2D eigenvalue weighted by atomic mass is 35.5. The van der Waals surface area contributed by atoms with Crippen molar-refractivity contribution in [3.8, 4) is 11.3 Å². The molecule has 0 N–H and O–H groups in total. The van der Waals surface area contributed by atoms with Gasteiger partial charge in [0.1, 0.15) is 6.20 Å². The Labute approximate surface area is 113 Å². The van der Waals surface area contributed by atoms with E-state index in [-0.39, 0.29) is 5.69 Å². The molecule has 0 aliphatic rings. The molecule has 0 amide bonds. The molecule has 0 bridgehead atoms. The van der Waals surface area contributed by atoms with Crippen molar-refractivity contribution < 1.29 is 4.92 Å². The first-order chi connectivity index (χ1) is 8.50. The van der Waals surface area contributed by atoms with Crippen LogP contribution in [0.5, 0.6) is 0 Å². The first-order valence-electron chi connectivity index (χ1n) is 5.06. The number of hydrogen-bond donors (Lipinski definition) is 0. The van der Waals surface area contributed by atoms with Crippen molar-refractivity contribution in [1.29, 1.82) is 0 Å². The molecule has 0 unspecified atom stereocenters. The summed E-state index contributed by atoms with van der Waals surface area (Å²) < 4.78 is 0. The fourth-order valence-electron chi connectivity index (χ4n) is 1.59. The average molecular weight is 283 g/mol. The summed E-state index contributed by atoms with van der Waals surface area (Å²) in [6, 6.07) is 6.81. The fourth-order valence-corrected chi connectivity index (χ4v) is 1.99. The van der Waals surface area contributed by atoms with Crippen molar-refractivity contribution in [3.63, 3.8) is 0 Å². The van der Waals surface area contributed by atoms with E-state index in [1.807, 2.05) is 0 Å². The zero-order chi connectivity index (χ0) is 13.3. The lowest BCUT2D eigenvalue weighted by molar-refractivity contribution is -0.385. The van der Waals surface area contributed by atoms with E-state index in [0.29, 0.717) is 26.9 Å². The minimum Gasteiger partial charge on any atom is -0.258 e. The van der Waals surface area contributed by atoms with Gasteiger partial charge in [-0.2, -0.15) is 0 Å². The molecule has 6 heteroatoms. The Kier molecular flexibility index (Phi) is 3.50. The van der Waals surface area contributed by atoms with Gasteiger partial charge in [0.25, 0.3) is 5.69 Å². The van der Waals surface area contributed by atoms with E-state index in [4.69, 9.17) is 23.2 Å². The first-order valence-corrected chi connectivity index (χ1v) is 5.81. The van der Waals surface area contributed by atoms with Crippen LogP contribution in [0.2, 0.25) is 10.0 Å². The maximum Gasteiger partial charge on any atom is 0.290 e. The third-order valence-electron chi connectivity index (χ3n) is 2.51. The van der Waals surface area contributed by atoms with Crippen molar-refractivity contribution in [2.75, 3.05) is 0 Å². The third kappa shape index (κ3) is 2.30. The minimum absolute atomic E-state index is 0.0168. The van der Waals surface area contributed by atoms with Crippen LogP contribution in [-0.4, -0.2) is 9.91 Å². The number of nitrogens with zero attached hydrogens (tertiary/aromatic N) is 2. The molecular formula is C12H8Cl2N2O2. The summed E-state index contributed by atoms with van der Waals surface area (Å²) >= 11 is 12.0. The van der Waals surface area contributed by atoms with Gasteiger partial charge in [-0.25, -0.2) is 4.98 Å². The molecular weight excluding hydrogens is 275 g/mol. The van der Waals surface area contributed by atoms with Gasteiger partial charge >= 0.3 is 0 Å². The van der Waals surface area contributed by atoms with E-state index in [9.17, 15) is 10.1 Å². The second-order valence-corrected chi connectivity index (χ2v) is 4.50. The highest BCUT2D eigenvalue weighted by molar-refractivity contribution is 6.43. The quantitative estimate of drug-likeness (QED) is 0.610. The third-order valence-corrected chi connectivity index (χ3v) is 3.33. The van der Waals surface area contributed by atoms with Crippen molar-refractivity contribution in [2.45, 2.75) is 6.92 Å². The van der Waals surface area contributed by atoms with Crippen molar-refractivity contribution in [2.24, 2.45) is 0 Å². The summed E-state index contributed by atoms with van der Waals surface area (Å²) in [4.78, 5) is 14.3. The molecule has 0 aliphatic carbocycles. The lowest BCUT2D eigenvalue weighted by atomic mass is 10.1. The number of hydrogen-bond acceptors (Lipinski definition) is 3. The normalized spacial score (nSPS) is 10.4. The van der Waals surface area contributed by atoms with E-state index in [2.05, 4.69) is 4.98 Å². The van der Waals surface area contributed by atoms with Crippen molar-refractivity contribution in [3.05, 3.63) is 56.2 Å². The summed E-state index contributed by atoms with van der Waals surface area (Å²) in [6.45, 7) is 1.65. The number of nitro groups is 1. The number of benzene rings is 1. The molecule has 0 fully saturated rings. The van der Waals surface area contributed by atoms with Gasteiger partial charge < -0.3 is 0 Å². The largest absolute Gasteiger partial charge is 0.290 e. The number of halogens is 2. The summed E-state index contributed by atoms with van der Waals surface area (Å²) in [5, 5.41) is 11.5. The molecule has 0 atom stereocenters. The van der Waals surface area contributed by atoms with Gasteiger partial charge in [0.15, 0.2) is 0 Å². The van der Waals surface area contributed by atoms with Gasteiger partial charge in [-0.05, 0) is 19.1 Å². The lowest BCUT2D eigenvalue weighted by Gasteiger charge is -2.06. The molecule has 4 nitrogen and oxygen atoms in total. The first kappa shape index (κ1) is 12.8. The van der Waals surface area contributed by atoms with Crippen LogP contribution in [0.25, 0.3) is 11.3 Å². The van der Waals surface area contributed by atoms with Gasteiger partial charge in [0, 0.05) is 11.1 Å². The Morgan fingerprint density at radius 2 is 2.06 bits per heavy atom. The molecule has 1 heterocycles. The van der Waals surface area contributed by atoms with Gasteiger partial charge in [-0.15, -0.1) is 0 Å². The fraction of sp³-hybridized carbons (Fsp3) is 0.0833. The molecule has 1 aromatic heterocycles. The van der Waals surface area contributed by atoms with Crippen molar-refractivity contribution >= 4 is 28.9 Å². The Bertz CT molecular complexity index is 629. The number of aromatic nitrogens is 1. The van der Waals surface area contributed by atoms with Crippen LogP contribution in [-0.2, 0) is 0 Å². The highest BCUT2D eigenvalue weighted by Gasteiger charge is 2.14. The highest BCUT2D eigenvalue weighted by Crippen LogP contribution is 2.33. The zero-order valence-corrected chi connectivity index (χ0v) is 10.9. The Hall–Kier alpha value is -1.65. The zero-order valence-electron chi connectivity index (χ0n) is 9.35. The molecule has 2 rings (SSSR count). The predicted octanol–water partition coefficient (Wildman–Crippen LogP) is 4.27. The summed E-state index contributed by atoms with van der Waals surface area (Å²) in [6.07, 6.45) is 1.22. The van der Waals surface area contributed by atoms with Crippen LogP contribution in [0.15, 0.2) is 30.5 Å². The van der Waals surface area contributed by atoms with E-state index >= 15 is 0 Å². The second kappa shape index (κ2) is 4.92. The lowest BCUT2D eigenvalue weighted by Crippen LogP contribution is -1.94. The second-order valence-electron chi connectivity index (χ2n) is 3.71. The predicted molar refractivity (Wildman–Crippen MR) is 71.1 cm³/mol. The van der Waals surface area contributed by atoms with Crippen LogP contribution < -0.4 is 0 Å². The Balaban J connectivity index is 2.56. The average Bonchev–Trinajstić information content (AvgIpc) is 2.32. The van der Waals surface area contributed by atoms with Crippen LogP contribution in [0.1, 0.15) is 5.56 Å². The van der Waals surface area contributed by atoms with E-state index in [0.717, 1.165) is 0 Å². The standard InChI is InChI=1S/C12H8Cl2N2O2/c1-7-5-10(15-6-11(7)16(17)18)8-3-2-4-9(13)12(8)14/h2-6H,1H3. The summed E-state index contributed by atoms with van der Waals surface area (Å²) in [5.74, 6) is 0. The van der Waals surface area contributed by atoms with Gasteiger partial charge in [-0.3, -0.25) is 10.1 Å². The monoisotopic (exact) mass is 282 g/mol. The van der Waals surface area contributed by atoms with E-state index in [1.54, 1.807) is 31.2 Å². The number of pyridine rings is 1. The molecule has 0 radical (unpaired) electrons. The Morgan fingerprint density at radius 1 is 1.33 bits per heavy atom. The molecule has 0 spiro atoms. The van der Waals surface area contributed by atoms with E-state index in [1.165, 1.54) is 6.20 Å². The summed E-state index contributed by atoms with van der Waals surface area (Å²) in [5.41, 5.74) is 1.73. The van der Waals surface area contributed by atoms with Crippen LogP contribution in [0, 0.1) is 17.0 Å². The Morgan fingerprint density at radius 3 is 2.67 bits per heavy atom. The minimum atomic E-state index is -0.467. The van der Waals surface area contributed by atoms with Crippen molar-refractivity contribution in [1.82, 2.24) is 4.98 Å². The van der Waals surface area contributed by atoms with Crippen LogP contribution in [0.4, 0.5) is 5.69 Å². The summed E-state index contributed by atoms with van der Waals surface area (Å²) in [7, 11) is 0. The molecule has 18 heavy (non-hydrogen) atoms. The van der Waals surface area contributed by atoms with Gasteiger partial charge in [0.05, 0.1) is 20.7 Å². The topological polar surface area (TPSA) is 56.0 Å².